The number of hydrogen-bond donors (Lipinski definition) is 0. The van der Waals surface area contributed by atoms with Gasteiger partial charge in [-0.1, -0.05) is 91.8 Å². The first kappa shape index (κ1) is 31.0. The third-order valence-electron chi connectivity index (χ3n) is 6.91. The summed E-state index contributed by atoms with van der Waals surface area (Å²) in [5.74, 6) is 1.89. The summed E-state index contributed by atoms with van der Waals surface area (Å²) in [6.45, 7) is 19.0. The molecule has 0 atom stereocenters. The van der Waals surface area contributed by atoms with Gasteiger partial charge >= 0.3 is 0 Å². The van der Waals surface area contributed by atoms with Gasteiger partial charge in [0.05, 0.1) is 0 Å². The average molecular weight is 631 g/mol. The quantitative estimate of drug-likeness (QED) is 0.257. The number of rotatable bonds is 8. The van der Waals surface area contributed by atoms with Crippen molar-refractivity contribution in [2.75, 3.05) is 0 Å². The Balaban J connectivity index is 0.00000241. The third-order valence-corrected chi connectivity index (χ3v) is 6.91. The molecule has 4 nitrogen and oxygen atoms in total. The van der Waals surface area contributed by atoms with Gasteiger partial charge in [-0.3, -0.25) is 0 Å². The largest absolute Gasteiger partial charge is 1.00 e. The van der Waals surface area contributed by atoms with Gasteiger partial charge in [0.25, 0.3) is 12.7 Å². The highest BCUT2D eigenvalue weighted by atomic mass is 79.9. The molecule has 0 spiro atoms. The van der Waals surface area contributed by atoms with Gasteiger partial charge in [0.15, 0.2) is 0 Å². The van der Waals surface area contributed by atoms with E-state index in [2.05, 4.69) is 147 Å². The summed E-state index contributed by atoms with van der Waals surface area (Å²) in [6.07, 6.45) is 13.2. The first-order valence-electron chi connectivity index (χ1n) is 13.1. The maximum Gasteiger partial charge on any atom is 0.252 e. The molecule has 0 aliphatic rings. The lowest BCUT2D eigenvalue weighted by atomic mass is 9.92. The standard InChI is InChI=1S/C31H42N4.2BrH/c1-22(2)26-11-9-12-27(23(3)4)30(26)34-17-15-32(20-34)19-33-16-18-35(21-33)31-28(24(5)6)13-10-14-29(31)25(7)8;;/h9-18,20-25H,19H2,1-8H3;2*1H/q+2;;/p-2. The number of halogens is 2. The summed E-state index contributed by atoms with van der Waals surface area (Å²) < 4.78 is 9.10. The number of nitrogens with zero attached hydrogens (tertiary/aromatic N) is 4. The van der Waals surface area contributed by atoms with Crippen molar-refractivity contribution < 1.29 is 43.1 Å². The van der Waals surface area contributed by atoms with Gasteiger partial charge in [-0.15, -0.1) is 0 Å². The Kier molecular flexibility index (Phi) is 11.0. The Labute approximate surface area is 244 Å². The van der Waals surface area contributed by atoms with Gasteiger partial charge in [-0.25, -0.2) is 9.13 Å². The zero-order valence-electron chi connectivity index (χ0n) is 23.5. The Hall–Kier alpha value is -2.18. The fourth-order valence-electron chi connectivity index (χ4n) is 5.03. The van der Waals surface area contributed by atoms with E-state index in [0.717, 1.165) is 6.67 Å². The van der Waals surface area contributed by atoms with Crippen molar-refractivity contribution in [3.8, 4) is 11.4 Å². The van der Waals surface area contributed by atoms with Crippen LogP contribution in [0.5, 0.6) is 0 Å². The van der Waals surface area contributed by atoms with Crippen molar-refractivity contribution in [1.82, 2.24) is 9.13 Å². The van der Waals surface area contributed by atoms with Crippen molar-refractivity contribution in [3.05, 3.63) is 96.1 Å². The normalized spacial score (nSPS) is 11.4. The molecule has 6 heteroatoms. The van der Waals surface area contributed by atoms with Crippen LogP contribution in [-0.2, 0) is 6.67 Å². The molecule has 0 unspecified atom stereocenters. The number of para-hydroxylation sites is 2. The molecule has 0 fully saturated rings. The van der Waals surface area contributed by atoms with Gasteiger partial charge in [0.1, 0.15) is 36.2 Å². The fraction of sp³-hybridized carbons (Fsp3) is 0.419. The van der Waals surface area contributed by atoms with Crippen LogP contribution in [0.4, 0.5) is 0 Å². The Morgan fingerprint density at radius 3 is 1.11 bits per heavy atom. The summed E-state index contributed by atoms with van der Waals surface area (Å²) in [5.41, 5.74) is 8.22. The maximum atomic E-state index is 2.30. The molecule has 0 aliphatic carbocycles. The molecule has 0 radical (unpaired) electrons. The van der Waals surface area contributed by atoms with Crippen LogP contribution in [-0.4, -0.2) is 9.13 Å². The van der Waals surface area contributed by atoms with Crippen molar-refractivity contribution in [2.24, 2.45) is 0 Å². The third kappa shape index (κ3) is 6.64. The minimum atomic E-state index is 0. The Bertz CT molecular complexity index is 1150. The van der Waals surface area contributed by atoms with Gasteiger partial charge in [-0.2, -0.15) is 9.13 Å². The molecule has 4 rings (SSSR count). The van der Waals surface area contributed by atoms with Crippen LogP contribution < -0.4 is 43.1 Å². The van der Waals surface area contributed by atoms with Crippen LogP contribution in [0.1, 0.15) is 101 Å². The van der Waals surface area contributed by atoms with E-state index in [0.29, 0.717) is 23.7 Å². The van der Waals surface area contributed by atoms with Gasteiger partial charge < -0.3 is 34.0 Å². The van der Waals surface area contributed by atoms with E-state index in [1.54, 1.807) is 0 Å². The van der Waals surface area contributed by atoms with Crippen LogP contribution in [0.2, 0.25) is 0 Å². The molecule has 2 aromatic heterocycles. The molecule has 4 aromatic rings. The van der Waals surface area contributed by atoms with Crippen LogP contribution in [0, 0.1) is 0 Å². The second-order valence-corrected chi connectivity index (χ2v) is 11.0. The molecular weight excluding hydrogens is 588 g/mol. The average Bonchev–Trinajstić information content (AvgIpc) is 3.47. The zero-order valence-corrected chi connectivity index (χ0v) is 26.7. The monoisotopic (exact) mass is 628 g/mol. The molecule has 0 N–H and O–H groups in total. The predicted molar refractivity (Wildman–Crippen MR) is 144 cm³/mol. The minimum absolute atomic E-state index is 0. The topological polar surface area (TPSA) is 17.6 Å². The SMILES string of the molecule is CC(C)c1cccc(C(C)C)c1-n1cc[n+](C[n+]2ccn(-c3c(C(C)C)cccc3C(C)C)c2)c1.[Br-].[Br-]. The van der Waals surface area contributed by atoms with Crippen molar-refractivity contribution >= 4 is 0 Å². The second kappa shape index (κ2) is 13.1. The molecular formula is C31H42Br2N4. The Morgan fingerprint density at radius 2 is 0.838 bits per heavy atom. The van der Waals surface area contributed by atoms with Crippen LogP contribution in [0.15, 0.2) is 73.8 Å². The lowest BCUT2D eigenvalue weighted by Crippen LogP contribution is -3.00. The van der Waals surface area contributed by atoms with Gasteiger partial charge in [0, 0.05) is 22.3 Å². The van der Waals surface area contributed by atoms with E-state index in [-0.39, 0.29) is 34.0 Å². The van der Waals surface area contributed by atoms with E-state index in [1.165, 1.54) is 33.6 Å². The van der Waals surface area contributed by atoms with Gasteiger partial charge in [0.2, 0.25) is 6.67 Å². The number of benzene rings is 2. The lowest BCUT2D eigenvalue weighted by molar-refractivity contribution is -0.912. The Morgan fingerprint density at radius 1 is 0.541 bits per heavy atom. The second-order valence-electron chi connectivity index (χ2n) is 11.0. The van der Waals surface area contributed by atoms with E-state index in [9.17, 15) is 0 Å². The van der Waals surface area contributed by atoms with E-state index in [1.807, 2.05) is 0 Å². The molecule has 2 aromatic carbocycles. The van der Waals surface area contributed by atoms with Crippen molar-refractivity contribution in [1.29, 1.82) is 0 Å². The summed E-state index contributed by atoms with van der Waals surface area (Å²) in [5, 5.41) is 0. The van der Waals surface area contributed by atoms with E-state index in [4.69, 9.17) is 0 Å². The predicted octanol–water partition coefficient (Wildman–Crippen LogP) is 0.850. The highest BCUT2D eigenvalue weighted by Crippen LogP contribution is 2.31. The van der Waals surface area contributed by atoms with Gasteiger partial charge in [-0.05, 0) is 23.7 Å². The minimum Gasteiger partial charge on any atom is -1.00 e. The first-order valence-corrected chi connectivity index (χ1v) is 13.1. The maximum absolute atomic E-state index is 2.30. The lowest BCUT2D eigenvalue weighted by Gasteiger charge is -2.16. The van der Waals surface area contributed by atoms with Crippen LogP contribution in [0.3, 0.4) is 0 Å². The number of hydrogen-bond acceptors (Lipinski definition) is 0. The van der Waals surface area contributed by atoms with Crippen LogP contribution in [0.25, 0.3) is 11.4 Å². The van der Waals surface area contributed by atoms with Crippen molar-refractivity contribution in [2.45, 2.75) is 85.7 Å². The number of aromatic nitrogens is 4. The summed E-state index contributed by atoms with van der Waals surface area (Å²) in [6, 6.07) is 13.5. The highest BCUT2D eigenvalue weighted by Gasteiger charge is 2.22. The summed E-state index contributed by atoms with van der Waals surface area (Å²) in [7, 11) is 0. The molecule has 0 saturated heterocycles. The van der Waals surface area contributed by atoms with E-state index >= 15 is 0 Å². The molecule has 0 bridgehead atoms. The molecule has 200 valence electrons. The molecule has 0 amide bonds. The van der Waals surface area contributed by atoms with Crippen LogP contribution >= 0.6 is 0 Å². The van der Waals surface area contributed by atoms with E-state index < -0.39 is 0 Å². The molecule has 0 aliphatic heterocycles. The number of imidazole rings is 2. The molecule has 0 saturated carbocycles. The zero-order chi connectivity index (χ0) is 25.3. The fourth-order valence-corrected chi connectivity index (χ4v) is 5.03. The summed E-state index contributed by atoms with van der Waals surface area (Å²) in [4.78, 5) is 0. The summed E-state index contributed by atoms with van der Waals surface area (Å²) >= 11 is 0. The van der Waals surface area contributed by atoms with Crippen molar-refractivity contribution in [3.63, 3.8) is 0 Å². The molecule has 37 heavy (non-hydrogen) atoms. The molecule has 2 heterocycles. The first-order chi connectivity index (χ1) is 16.7. The smallest absolute Gasteiger partial charge is 0.252 e. The highest BCUT2D eigenvalue weighted by molar-refractivity contribution is 5.51.